The van der Waals surface area contributed by atoms with Gasteiger partial charge in [-0.2, -0.15) is 0 Å². The zero-order valence-corrected chi connectivity index (χ0v) is 13.4. The normalized spacial score (nSPS) is 11.7. The van der Waals surface area contributed by atoms with Gasteiger partial charge in [0.05, 0.1) is 17.2 Å². The molecule has 3 aromatic rings. The fourth-order valence-electron chi connectivity index (χ4n) is 2.50. The minimum Gasteiger partial charge on any atom is -0.467 e. The summed E-state index contributed by atoms with van der Waals surface area (Å²) in [6.45, 7) is 1.83. The van der Waals surface area contributed by atoms with Crippen LogP contribution in [0.15, 0.2) is 71.5 Å². The number of carbonyl (C=O) groups excluding carboxylic acids is 1. The average molecular weight is 337 g/mol. The van der Waals surface area contributed by atoms with Crippen molar-refractivity contribution in [3.63, 3.8) is 0 Å². The third-order valence-corrected chi connectivity index (χ3v) is 3.78. The van der Waals surface area contributed by atoms with E-state index in [2.05, 4.69) is 4.98 Å². The van der Waals surface area contributed by atoms with E-state index < -0.39 is 11.0 Å². The van der Waals surface area contributed by atoms with Crippen molar-refractivity contribution < 1.29 is 14.1 Å². The lowest BCUT2D eigenvalue weighted by atomic mass is 10.1. The van der Waals surface area contributed by atoms with Crippen LogP contribution in [0.5, 0.6) is 0 Å². The van der Waals surface area contributed by atoms with Crippen molar-refractivity contribution in [1.82, 2.24) is 4.98 Å². The summed E-state index contributed by atoms with van der Waals surface area (Å²) in [6.07, 6.45) is 3.14. The molecule has 126 valence electrons. The Bertz CT molecular complexity index is 861. The maximum absolute atomic E-state index is 13.0. The summed E-state index contributed by atoms with van der Waals surface area (Å²) in [4.78, 5) is 29.1. The maximum atomic E-state index is 13.0. The maximum Gasteiger partial charge on any atom is 0.269 e. The van der Waals surface area contributed by atoms with Crippen LogP contribution in [-0.2, 0) is 0 Å². The lowest BCUT2D eigenvalue weighted by Gasteiger charge is -2.27. The molecule has 0 unspecified atom stereocenters. The van der Waals surface area contributed by atoms with Gasteiger partial charge in [0.1, 0.15) is 11.6 Å². The van der Waals surface area contributed by atoms with E-state index in [9.17, 15) is 14.9 Å². The molecule has 2 heterocycles. The quantitative estimate of drug-likeness (QED) is 0.519. The number of furan rings is 1. The Balaban J connectivity index is 1.99. The van der Waals surface area contributed by atoms with Crippen LogP contribution in [0.4, 0.5) is 11.5 Å². The molecule has 2 aromatic heterocycles. The monoisotopic (exact) mass is 337 g/mol. The van der Waals surface area contributed by atoms with Gasteiger partial charge in [-0.3, -0.25) is 19.8 Å². The standard InChI is InChI=1S/C18H15N3O4/c1-13(16-5-4-12-25-16)20(17-6-2-3-11-19-17)18(22)14-7-9-15(10-8-14)21(23)24/h2-13H,1H3/t13-/m0/s1. The van der Waals surface area contributed by atoms with E-state index >= 15 is 0 Å². The fourth-order valence-corrected chi connectivity index (χ4v) is 2.50. The zero-order chi connectivity index (χ0) is 17.8. The molecule has 0 aliphatic rings. The average Bonchev–Trinajstić information content (AvgIpc) is 3.17. The second-order valence-electron chi connectivity index (χ2n) is 5.36. The van der Waals surface area contributed by atoms with Crippen LogP contribution in [0, 0.1) is 10.1 Å². The molecule has 1 aromatic carbocycles. The summed E-state index contributed by atoms with van der Waals surface area (Å²) in [6, 6.07) is 13.9. The third-order valence-electron chi connectivity index (χ3n) is 3.78. The second kappa shape index (κ2) is 6.96. The molecule has 0 saturated heterocycles. The van der Waals surface area contributed by atoms with Gasteiger partial charge in [-0.05, 0) is 43.3 Å². The Hall–Kier alpha value is -3.48. The molecule has 0 aliphatic heterocycles. The van der Waals surface area contributed by atoms with E-state index in [0.717, 1.165) is 0 Å². The predicted octanol–water partition coefficient (Wildman–Crippen LogP) is 3.99. The zero-order valence-electron chi connectivity index (χ0n) is 13.4. The molecule has 0 aliphatic carbocycles. The summed E-state index contributed by atoms with van der Waals surface area (Å²) in [7, 11) is 0. The summed E-state index contributed by atoms with van der Waals surface area (Å²) in [5.41, 5.74) is 0.259. The number of rotatable bonds is 5. The Kier molecular flexibility index (Phi) is 4.56. The van der Waals surface area contributed by atoms with Gasteiger partial charge in [0.2, 0.25) is 0 Å². The number of anilines is 1. The first-order chi connectivity index (χ1) is 12.1. The Morgan fingerprint density at radius 3 is 2.48 bits per heavy atom. The van der Waals surface area contributed by atoms with Crippen LogP contribution < -0.4 is 4.90 Å². The minimum absolute atomic E-state index is 0.0694. The number of hydrogen-bond donors (Lipinski definition) is 0. The highest BCUT2D eigenvalue weighted by Crippen LogP contribution is 2.28. The van der Waals surface area contributed by atoms with Gasteiger partial charge in [0, 0.05) is 23.9 Å². The first-order valence-corrected chi connectivity index (χ1v) is 7.60. The van der Waals surface area contributed by atoms with E-state index in [1.165, 1.54) is 29.2 Å². The third kappa shape index (κ3) is 3.40. The molecule has 0 bridgehead atoms. The van der Waals surface area contributed by atoms with Crippen LogP contribution >= 0.6 is 0 Å². The lowest BCUT2D eigenvalue weighted by molar-refractivity contribution is -0.384. The molecule has 7 nitrogen and oxygen atoms in total. The van der Waals surface area contributed by atoms with Gasteiger partial charge in [-0.1, -0.05) is 6.07 Å². The van der Waals surface area contributed by atoms with E-state index in [0.29, 0.717) is 17.1 Å². The van der Waals surface area contributed by atoms with Crippen LogP contribution in [-0.4, -0.2) is 15.8 Å². The molecule has 3 rings (SSSR count). The Labute approximate surface area is 143 Å². The predicted molar refractivity (Wildman–Crippen MR) is 91.3 cm³/mol. The molecule has 25 heavy (non-hydrogen) atoms. The van der Waals surface area contributed by atoms with E-state index in [1.54, 1.807) is 42.8 Å². The number of hydrogen-bond acceptors (Lipinski definition) is 5. The highest BCUT2D eigenvalue weighted by molar-refractivity contribution is 6.06. The van der Waals surface area contributed by atoms with Gasteiger partial charge in [-0.15, -0.1) is 0 Å². The second-order valence-corrected chi connectivity index (χ2v) is 5.36. The summed E-state index contributed by atoms with van der Waals surface area (Å²) < 4.78 is 5.42. The molecule has 0 fully saturated rings. The Morgan fingerprint density at radius 1 is 1.16 bits per heavy atom. The Morgan fingerprint density at radius 2 is 1.92 bits per heavy atom. The largest absolute Gasteiger partial charge is 0.467 e. The molecule has 0 radical (unpaired) electrons. The van der Waals surface area contributed by atoms with Crippen LogP contribution in [0.1, 0.15) is 29.1 Å². The number of benzene rings is 1. The van der Waals surface area contributed by atoms with Gasteiger partial charge >= 0.3 is 0 Å². The van der Waals surface area contributed by atoms with Gasteiger partial charge in [0.15, 0.2) is 0 Å². The van der Waals surface area contributed by atoms with Crippen LogP contribution in [0.3, 0.4) is 0 Å². The number of nitrogens with zero attached hydrogens (tertiary/aromatic N) is 3. The van der Waals surface area contributed by atoms with Gasteiger partial charge in [0.25, 0.3) is 11.6 Å². The lowest BCUT2D eigenvalue weighted by Crippen LogP contribution is -2.34. The SMILES string of the molecule is C[C@@H](c1ccco1)N(C(=O)c1ccc([N+](=O)[O-])cc1)c1ccccn1. The van der Waals surface area contributed by atoms with Crippen molar-refractivity contribution >= 4 is 17.4 Å². The van der Waals surface area contributed by atoms with E-state index in [4.69, 9.17) is 4.42 Å². The first-order valence-electron chi connectivity index (χ1n) is 7.60. The summed E-state index contributed by atoms with van der Waals surface area (Å²) in [5, 5.41) is 10.8. The van der Waals surface area contributed by atoms with Crippen molar-refractivity contribution in [2.45, 2.75) is 13.0 Å². The fraction of sp³-hybridized carbons (Fsp3) is 0.111. The number of aromatic nitrogens is 1. The van der Waals surface area contributed by atoms with Crippen molar-refractivity contribution in [1.29, 1.82) is 0 Å². The molecular weight excluding hydrogens is 322 g/mol. The van der Waals surface area contributed by atoms with Crippen molar-refractivity contribution in [3.05, 3.63) is 88.5 Å². The number of nitro groups is 1. The molecule has 1 amide bonds. The van der Waals surface area contributed by atoms with Crippen LogP contribution in [0.2, 0.25) is 0 Å². The van der Waals surface area contributed by atoms with E-state index in [-0.39, 0.29) is 11.6 Å². The first kappa shape index (κ1) is 16.4. The van der Waals surface area contributed by atoms with Gasteiger partial charge < -0.3 is 4.42 Å². The molecule has 7 heteroatoms. The smallest absolute Gasteiger partial charge is 0.269 e. The minimum atomic E-state index is -0.504. The molecule has 0 N–H and O–H groups in total. The molecular formula is C18H15N3O4. The highest BCUT2D eigenvalue weighted by atomic mass is 16.6. The van der Waals surface area contributed by atoms with Gasteiger partial charge in [-0.25, -0.2) is 4.98 Å². The summed E-state index contributed by atoms with van der Waals surface area (Å²) in [5.74, 6) is 0.758. The number of non-ortho nitro benzene ring substituents is 1. The van der Waals surface area contributed by atoms with Crippen molar-refractivity contribution in [2.24, 2.45) is 0 Å². The number of nitro benzene ring substituents is 1. The molecule has 0 saturated carbocycles. The highest BCUT2D eigenvalue weighted by Gasteiger charge is 2.27. The topological polar surface area (TPSA) is 89.5 Å². The molecule has 1 atom stereocenters. The summed E-state index contributed by atoms with van der Waals surface area (Å²) >= 11 is 0. The number of pyridine rings is 1. The van der Waals surface area contributed by atoms with E-state index in [1.807, 2.05) is 6.92 Å². The number of carbonyl (C=O) groups is 1. The van der Waals surface area contributed by atoms with Crippen molar-refractivity contribution in [3.8, 4) is 0 Å². The van der Waals surface area contributed by atoms with Crippen molar-refractivity contribution in [2.75, 3.05) is 4.90 Å². The van der Waals surface area contributed by atoms with Crippen LogP contribution in [0.25, 0.3) is 0 Å². The number of amides is 1. The molecule has 0 spiro atoms.